The molecule has 0 aliphatic carbocycles. The van der Waals surface area contributed by atoms with Crippen LogP contribution < -0.4 is 10.3 Å². The molecule has 0 amide bonds. The van der Waals surface area contributed by atoms with Gasteiger partial charge in [-0.15, -0.1) is 0 Å². The van der Waals surface area contributed by atoms with Crippen molar-refractivity contribution in [2.45, 2.75) is 20.3 Å². The number of rotatable bonds is 4. The van der Waals surface area contributed by atoms with Gasteiger partial charge in [-0.3, -0.25) is 9.59 Å². The lowest BCUT2D eigenvalue weighted by Gasteiger charge is -2.08. The first-order valence-corrected chi connectivity index (χ1v) is 9.99. The molecule has 3 aromatic rings. The fourth-order valence-corrected chi connectivity index (χ4v) is 3.51. The smallest absolute Gasteiger partial charge is 0.308 e. The van der Waals surface area contributed by atoms with E-state index in [2.05, 4.69) is 48.6 Å². The van der Waals surface area contributed by atoms with Gasteiger partial charge >= 0.3 is 5.97 Å². The molecule has 0 bridgehead atoms. The summed E-state index contributed by atoms with van der Waals surface area (Å²) in [6.07, 6.45) is 2.16. The van der Waals surface area contributed by atoms with Crippen LogP contribution in [0.3, 0.4) is 0 Å². The van der Waals surface area contributed by atoms with E-state index in [1.165, 1.54) is 11.6 Å². The minimum absolute atomic E-state index is 0.222. The van der Waals surface area contributed by atoms with Crippen molar-refractivity contribution >= 4 is 61.6 Å². The molecule has 8 heteroatoms. The van der Waals surface area contributed by atoms with Crippen molar-refractivity contribution in [3.63, 3.8) is 0 Å². The van der Waals surface area contributed by atoms with Crippen molar-refractivity contribution in [3.8, 4) is 5.75 Å². The number of benzene rings is 2. The molecule has 6 nitrogen and oxygen atoms in total. The summed E-state index contributed by atoms with van der Waals surface area (Å²) in [5.41, 5.74) is 1.20. The molecule has 0 aliphatic rings. The first-order chi connectivity index (χ1) is 12.9. The number of halogens is 2. The quantitative estimate of drug-likeness (QED) is 0.216. The number of aryl methyl sites for hydroxylation is 1. The Morgan fingerprint density at radius 2 is 2.11 bits per heavy atom. The Kier molecular flexibility index (Phi) is 6.05. The van der Waals surface area contributed by atoms with Crippen LogP contribution >= 0.6 is 38.5 Å². The molecule has 0 fully saturated rings. The van der Waals surface area contributed by atoms with E-state index < -0.39 is 0 Å². The van der Waals surface area contributed by atoms with Gasteiger partial charge in [-0.25, -0.2) is 4.98 Å². The Hall–Kier alpha value is -2.07. The fourth-order valence-electron chi connectivity index (χ4n) is 2.50. The second-order valence-corrected chi connectivity index (χ2v) is 7.77. The van der Waals surface area contributed by atoms with Gasteiger partial charge in [0.15, 0.2) is 0 Å². The van der Waals surface area contributed by atoms with Gasteiger partial charge < -0.3 is 4.74 Å². The van der Waals surface area contributed by atoms with Crippen LogP contribution in [0.25, 0.3) is 10.9 Å². The van der Waals surface area contributed by atoms with Crippen LogP contribution in [0.15, 0.2) is 50.8 Å². The van der Waals surface area contributed by atoms with E-state index in [0.29, 0.717) is 28.9 Å². The maximum absolute atomic E-state index is 12.9. The van der Waals surface area contributed by atoms with Gasteiger partial charge in [0, 0.05) is 17.8 Å². The SMILES string of the molecule is CCc1nc2ccc(Br)cc2c(=O)n1N=Cc1ccc(OC(C)=O)c(I)c1. The minimum Gasteiger partial charge on any atom is -0.426 e. The summed E-state index contributed by atoms with van der Waals surface area (Å²) in [4.78, 5) is 28.5. The molecule has 1 aromatic heterocycles. The van der Waals surface area contributed by atoms with E-state index in [1.54, 1.807) is 24.4 Å². The number of ether oxygens (including phenoxy) is 1. The molecular formula is C19H15BrIN3O3. The van der Waals surface area contributed by atoms with Crippen molar-refractivity contribution in [2.24, 2.45) is 5.10 Å². The summed E-state index contributed by atoms with van der Waals surface area (Å²) in [7, 11) is 0. The second kappa shape index (κ2) is 8.30. The first kappa shape index (κ1) is 19.7. The summed E-state index contributed by atoms with van der Waals surface area (Å²) in [6, 6.07) is 10.7. The highest BCUT2D eigenvalue weighted by atomic mass is 127. The van der Waals surface area contributed by atoms with Crippen LogP contribution in [-0.4, -0.2) is 21.8 Å². The van der Waals surface area contributed by atoms with E-state index in [9.17, 15) is 9.59 Å². The van der Waals surface area contributed by atoms with E-state index in [1.807, 2.05) is 25.1 Å². The number of hydrogen-bond donors (Lipinski definition) is 0. The van der Waals surface area contributed by atoms with Crippen molar-refractivity contribution in [3.05, 3.63) is 66.2 Å². The number of carbonyl (C=O) groups is 1. The fraction of sp³-hybridized carbons (Fsp3) is 0.158. The van der Waals surface area contributed by atoms with Crippen LogP contribution in [0, 0.1) is 3.57 Å². The molecule has 0 radical (unpaired) electrons. The van der Waals surface area contributed by atoms with Crippen LogP contribution in [0.4, 0.5) is 0 Å². The highest BCUT2D eigenvalue weighted by Crippen LogP contribution is 2.22. The van der Waals surface area contributed by atoms with Gasteiger partial charge in [0.2, 0.25) is 0 Å². The zero-order valence-electron chi connectivity index (χ0n) is 14.6. The molecule has 0 aliphatic heterocycles. The molecule has 3 rings (SSSR count). The molecule has 0 N–H and O–H groups in total. The average molecular weight is 540 g/mol. The Morgan fingerprint density at radius 1 is 1.33 bits per heavy atom. The molecule has 0 spiro atoms. The Morgan fingerprint density at radius 3 is 2.78 bits per heavy atom. The van der Waals surface area contributed by atoms with Gasteiger partial charge in [0.25, 0.3) is 5.56 Å². The maximum Gasteiger partial charge on any atom is 0.308 e. The first-order valence-electron chi connectivity index (χ1n) is 8.12. The van der Waals surface area contributed by atoms with Crippen LogP contribution in [-0.2, 0) is 11.2 Å². The van der Waals surface area contributed by atoms with E-state index >= 15 is 0 Å². The third-order valence-electron chi connectivity index (χ3n) is 3.72. The number of esters is 1. The Bertz CT molecular complexity index is 1130. The topological polar surface area (TPSA) is 73.6 Å². The molecular weight excluding hydrogens is 525 g/mol. The summed E-state index contributed by atoms with van der Waals surface area (Å²) in [5, 5.41) is 4.85. The Balaban J connectivity index is 2.03. The largest absolute Gasteiger partial charge is 0.426 e. The van der Waals surface area contributed by atoms with Gasteiger partial charge in [-0.1, -0.05) is 22.9 Å². The van der Waals surface area contributed by atoms with E-state index in [0.717, 1.165) is 13.6 Å². The average Bonchev–Trinajstić information content (AvgIpc) is 2.63. The lowest BCUT2D eigenvalue weighted by molar-refractivity contribution is -0.131. The van der Waals surface area contributed by atoms with Crippen LogP contribution in [0.2, 0.25) is 0 Å². The van der Waals surface area contributed by atoms with Crippen molar-refractivity contribution in [2.75, 3.05) is 0 Å². The molecule has 0 unspecified atom stereocenters. The molecule has 27 heavy (non-hydrogen) atoms. The monoisotopic (exact) mass is 539 g/mol. The number of aromatic nitrogens is 2. The van der Waals surface area contributed by atoms with E-state index in [4.69, 9.17) is 4.74 Å². The zero-order valence-corrected chi connectivity index (χ0v) is 18.3. The van der Waals surface area contributed by atoms with Gasteiger partial charge in [-0.2, -0.15) is 9.78 Å². The predicted octanol–water partition coefficient (Wildman–Crippen LogP) is 4.13. The standard InChI is InChI=1S/C19H15BrIN3O3/c1-3-18-23-16-6-5-13(20)9-14(16)19(26)24(18)22-10-12-4-7-17(15(21)8-12)27-11(2)25/h4-10H,3H2,1-2H3. The molecule has 1 heterocycles. The Labute approximate surface area is 177 Å². The molecule has 0 saturated heterocycles. The number of carbonyl (C=O) groups excluding carboxylic acids is 1. The van der Waals surface area contributed by atoms with Crippen molar-refractivity contribution in [1.29, 1.82) is 0 Å². The number of nitrogens with zero attached hydrogens (tertiary/aromatic N) is 3. The summed E-state index contributed by atoms with van der Waals surface area (Å²) < 4.78 is 8.02. The molecule has 2 aromatic carbocycles. The lowest BCUT2D eigenvalue weighted by atomic mass is 10.2. The van der Waals surface area contributed by atoms with Gasteiger partial charge in [-0.05, 0) is 64.6 Å². The van der Waals surface area contributed by atoms with E-state index in [-0.39, 0.29) is 11.5 Å². The van der Waals surface area contributed by atoms with Crippen LogP contribution in [0.1, 0.15) is 25.2 Å². The molecule has 0 saturated carbocycles. The maximum atomic E-state index is 12.9. The predicted molar refractivity (Wildman–Crippen MR) is 117 cm³/mol. The minimum atomic E-state index is -0.373. The third kappa shape index (κ3) is 4.44. The van der Waals surface area contributed by atoms with Gasteiger partial charge in [0.1, 0.15) is 11.6 Å². The second-order valence-electron chi connectivity index (χ2n) is 5.69. The van der Waals surface area contributed by atoms with Crippen molar-refractivity contribution in [1.82, 2.24) is 9.66 Å². The summed E-state index contributed by atoms with van der Waals surface area (Å²) in [5.74, 6) is 0.697. The highest BCUT2D eigenvalue weighted by molar-refractivity contribution is 14.1. The van der Waals surface area contributed by atoms with Crippen molar-refractivity contribution < 1.29 is 9.53 Å². The lowest BCUT2D eigenvalue weighted by Crippen LogP contribution is -2.22. The third-order valence-corrected chi connectivity index (χ3v) is 5.06. The number of hydrogen-bond acceptors (Lipinski definition) is 5. The normalized spacial score (nSPS) is 11.3. The summed E-state index contributed by atoms with van der Waals surface area (Å²) >= 11 is 5.47. The van der Waals surface area contributed by atoms with Crippen LogP contribution in [0.5, 0.6) is 5.75 Å². The highest BCUT2D eigenvalue weighted by Gasteiger charge is 2.10. The zero-order chi connectivity index (χ0) is 19.6. The summed E-state index contributed by atoms with van der Waals surface area (Å²) in [6.45, 7) is 3.28. The number of fused-ring (bicyclic) bond motifs is 1. The molecule has 0 atom stereocenters. The molecule has 138 valence electrons. The van der Waals surface area contributed by atoms with Gasteiger partial charge in [0.05, 0.1) is 20.7 Å².